The number of nitrogens with one attached hydrogen (secondary N) is 1. The van der Waals surface area contributed by atoms with Crippen molar-refractivity contribution in [3.8, 4) is 0 Å². The number of carbonyl (C=O) groups excluding carboxylic acids is 1. The lowest BCUT2D eigenvalue weighted by Gasteiger charge is -2.21. The molecule has 100 valence electrons. The number of piperidine rings is 1. The van der Waals surface area contributed by atoms with E-state index in [2.05, 4.69) is 36.3 Å². The molecule has 0 bridgehead atoms. The Morgan fingerprint density at radius 2 is 2.17 bits per heavy atom. The van der Waals surface area contributed by atoms with Crippen LogP contribution in [0.1, 0.15) is 50.0 Å². The van der Waals surface area contributed by atoms with Gasteiger partial charge in [0, 0.05) is 5.41 Å². The summed E-state index contributed by atoms with van der Waals surface area (Å²) in [6.45, 7) is 7.30. The Balaban J connectivity index is 1.96. The van der Waals surface area contributed by atoms with Crippen LogP contribution < -0.4 is 5.32 Å². The molecule has 18 heavy (non-hydrogen) atoms. The van der Waals surface area contributed by atoms with E-state index in [1.807, 2.05) is 0 Å². The highest BCUT2D eigenvalue weighted by Crippen LogP contribution is 2.25. The van der Waals surface area contributed by atoms with Gasteiger partial charge in [0.1, 0.15) is 10.0 Å². The van der Waals surface area contributed by atoms with Crippen LogP contribution in [0.3, 0.4) is 0 Å². The molecular weight excluding hydrogens is 246 g/mol. The maximum Gasteiger partial charge on any atom is 0.156 e. The van der Waals surface area contributed by atoms with Crippen molar-refractivity contribution in [3.05, 3.63) is 10.0 Å². The number of hydrogen-bond acceptors (Lipinski definition) is 5. The van der Waals surface area contributed by atoms with Crippen molar-refractivity contribution >= 4 is 17.1 Å². The maximum absolute atomic E-state index is 12.1. The fourth-order valence-corrected chi connectivity index (χ4v) is 2.93. The number of ketones is 1. The second-order valence-electron chi connectivity index (χ2n) is 5.90. The maximum atomic E-state index is 12.1. The van der Waals surface area contributed by atoms with Crippen LogP contribution in [-0.2, 0) is 16.6 Å². The average molecular weight is 267 g/mol. The highest BCUT2D eigenvalue weighted by molar-refractivity contribution is 7.11. The molecule has 1 saturated heterocycles. The lowest BCUT2D eigenvalue weighted by molar-refractivity contribution is -0.120. The molecule has 0 amide bonds. The SMILES string of the molecule is CC(C)(C)c1nnc(CC(=O)[C@@H]2CCCCN2)s1. The fourth-order valence-electron chi connectivity index (χ4n) is 2.03. The van der Waals surface area contributed by atoms with Gasteiger partial charge < -0.3 is 5.32 Å². The largest absolute Gasteiger partial charge is 0.307 e. The van der Waals surface area contributed by atoms with Gasteiger partial charge in [0.15, 0.2) is 5.78 Å². The van der Waals surface area contributed by atoms with Gasteiger partial charge in [0.25, 0.3) is 0 Å². The van der Waals surface area contributed by atoms with Gasteiger partial charge in [-0.3, -0.25) is 4.79 Å². The standard InChI is InChI=1S/C13H21N3OS/c1-13(2,3)12-16-15-11(18-12)8-10(17)9-6-4-5-7-14-9/h9,14H,4-8H2,1-3H3/t9-/m0/s1. The van der Waals surface area contributed by atoms with E-state index in [9.17, 15) is 4.79 Å². The summed E-state index contributed by atoms with van der Waals surface area (Å²) in [7, 11) is 0. The number of nitrogens with zero attached hydrogens (tertiary/aromatic N) is 2. The molecule has 0 spiro atoms. The predicted molar refractivity (Wildman–Crippen MR) is 73.0 cm³/mol. The van der Waals surface area contributed by atoms with E-state index in [0.717, 1.165) is 29.4 Å². The molecule has 1 aliphatic heterocycles. The fraction of sp³-hybridized carbons (Fsp3) is 0.769. The molecule has 0 unspecified atom stereocenters. The molecule has 0 aliphatic carbocycles. The minimum absolute atomic E-state index is 0.0159. The van der Waals surface area contributed by atoms with Gasteiger partial charge in [0.05, 0.1) is 12.5 Å². The Labute approximate surface area is 112 Å². The van der Waals surface area contributed by atoms with Crippen LogP contribution in [0.4, 0.5) is 0 Å². The number of carbonyl (C=O) groups is 1. The lowest BCUT2D eigenvalue weighted by atomic mass is 9.98. The van der Waals surface area contributed by atoms with E-state index in [0.29, 0.717) is 6.42 Å². The molecule has 2 rings (SSSR count). The molecular formula is C13H21N3OS. The summed E-state index contributed by atoms with van der Waals surface area (Å²) >= 11 is 1.56. The zero-order valence-electron chi connectivity index (χ0n) is 11.3. The van der Waals surface area contributed by atoms with Crippen LogP contribution in [0.25, 0.3) is 0 Å². The molecule has 4 nitrogen and oxygen atoms in total. The van der Waals surface area contributed by atoms with Gasteiger partial charge in [-0.05, 0) is 19.4 Å². The minimum Gasteiger partial charge on any atom is -0.307 e. The van der Waals surface area contributed by atoms with Gasteiger partial charge in [-0.2, -0.15) is 0 Å². The first kappa shape index (κ1) is 13.6. The van der Waals surface area contributed by atoms with Crippen molar-refractivity contribution in [2.45, 2.75) is 57.9 Å². The van der Waals surface area contributed by atoms with Gasteiger partial charge in [-0.1, -0.05) is 27.2 Å². The van der Waals surface area contributed by atoms with Crippen LogP contribution in [0.15, 0.2) is 0 Å². The summed E-state index contributed by atoms with van der Waals surface area (Å²) in [5.74, 6) is 0.256. The number of Topliss-reactive ketones (excluding diaryl/α,β-unsaturated/α-hetero) is 1. The topological polar surface area (TPSA) is 54.9 Å². The van der Waals surface area contributed by atoms with Crippen LogP contribution in [0.5, 0.6) is 0 Å². The molecule has 0 radical (unpaired) electrons. The normalized spacial score (nSPS) is 20.9. The Bertz CT molecular complexity index is 416. The van der Waals surface area contributed by atoms with Crippen molar-refractivity contribution < 1.29 is 4.79 Å². The van der Waals surface area contributed by atoms with Gasteiger partial charge in [-0.15, -0.1) is 21.5 Å². The van der Waals surface area contributed by atoms with Crippen LogP contribution in [-0.4, -0.2) is 28.6 Å². The van der Waals surface area contributed by atoms with Gasteiger partial charge in [0.2, 0.25) is 0 Å². The van der Waals surface area contributed by atoms with Crippen molar-refractivity contribution in [2.24, 2.45) is 0 Å². The molecule has 1 aromatic heterocycles. The van der Waals surface area contributed by atoms with Crippen molar-refractivity contribution in [1.82, 2.24) is 15.5 Å². The molecule has 1 fully saturated rings. The summed E-state index contributed by atoms with van der Waals surface area (Å²) in [6.07, 6.45) is 3.71. The summed E-state index contributed by atoms with van der Waals surface area (Å²) in [5, 5.41) is 13.4. The van der Waals surface area contributed by atoms with Crippen LogP contribution in [0.2, 0.25) is 0 Å². The number of hydrogen-bond donors (Lipinski definition) is 1. The first-order valence-electron chi connectivity index (χ1n) is 6.56. The molecule has 2 heterocycles. The molecule has 5 heteroatoms. The van der Waals surface area contributed by atoms with Gasteiger partial charge >= 0.3 is 0 Å². The van der Waals surface area contributed by atoms with E-state index in [-0.39, 0.29) is 17.2 Å². The quantitative estimate of drug-likeness (QED) is 0.911. The predicted octanol–water partition coefficient (Wildman–Crippen LogP) is 2.09. The van der Waals surface area contributed by atoms with E-state index < -0.39 is 0 Å². The first-order valence-corrected chi connectivity index (χ1v) is 7.37. The number of aromatic nitrogens is 2. The van der Waals surface area contributed by atoms with E-state index in [4.69, 9.17) is 0 Å². The second kappa shape index (κ2) is 5.45. The minimum atomic E-state index is 0.0159. The first-order chi connectivity index (χ1) is 8.47. The van der Waals surface area contributed by atoms with E-state index in [1.54, 1.807) is 11.3 Å². The van der Waals surface area contributed by atoms with Crippen molar-refractivity contribution in [1.29, 1.82) is 0 Å². The molecule has 1 N–H and O–H groups in total. The third-order valence-corrected chi connectivity index (χ3v) is 4.48. The summed E-state index contributed by atoms with van der Waals surface area (Å²) < 4.78 is 0. The smallest absolute Gasteiger partial charge is 0.156 e. The van der Waals surface area contributed by atoms with Crippen molar-refractivity contribution in [2.75, 3.05) is 6.54 Å². The Morgan fingerprint density at radius 3 is 2.72 bits per heavy atom. The summed E-state index contributed by atoms with van der Waals surface area (Å²) in [4.78, 5) is 12.1. The zero-order valence-corrected chi connectivity index (χ0v) is 12.1. The Morgan fingerprint density at radius 1 is 1.39 bits per heavy atom. The molecule has 0 aromatic carbocycles. The van der Waals surface area contributed by atoms with E-state index in [1.165, 1.54) is 6.42 Å². The average Bonchev–Trinajstić information content (AvgIpc) is 2.78. The highest BCUT2D eigenvalue weighted by atomic mass is 32.1. The monoisotopic (exact) mass is 267 g/mol. The van der Waals surface area contributed by atoms with Crippen LogP contribution in [0, 0.1) is 0 Å². The Hall–Kier alpha value is -0.810. The molecule has 0 saturated carbocycles. The van der Waals surface area contributed by atoms with E-state index >= 15 is 0 Å². The Kier molecular flexibility index (Phi) is 4.12. The van der Waals surface area contributed by atoms with Gasteiger partial charge in [-0.25, -0.2) is 0 Å². The zero-order chi connectivity index (χ0) is 13.2. The van der Waals surface area contributed by atoms with Crippen molar-refractivity contribution in [3.63, 3.8) is 0 Å². The third-order valence-electron chi connectivity index (χ3n) is 3.13. The summed E-state index contributed by atoms with van der Waals surface area (Å²) in [5.41, 5.74) is 0.0159. The molecule has 1 aliphatic rings. The lowest BCUT2D eigenvalue weighted by Crippen LogP contribution is -2.41. The third kappa shape index (κ3) is 3.36. The highest BCUT2D eigenvalue weighted by Gasteiger charge is 2.24. The van der Waals surface area contributed by atoms with Crippen LogP contribution >= 0.6 is 11.3 Å². The molecule has 1 atom stereocenters. The number of rotatable bonds is 3. The summed E-state index contributed by atoms with van der Waals surface area (Å²) in [6, 6.07) is 0.0285. The molecule has 1 aromatic rings. The second-order valence-corrected chi connectivity index (χ2v) is 6.96.